The van der Waals surface area contributed by atoms with Gasteiger partial charge in [0.05, 0.1) is 0 Å². The Morgan fingerprint density at radius 3 is 2.53 bits per heavy atom. The SMILES string of the molecule is Cc1nc(C(F)(F)F)c(CCC(=O)Cl)c(=O)[nH]1. The van der Waals surface area contributed by atoms with E-state index in [1.54, 1.807) is 0 Å². The van der Waals surface area contributed by atoms with Crippen molar-refractivity contribution >= 4 is 16.8 Å². The number of nitrogens with one attached hydrogen (secondary N) is 1. The fourth-order valence-corrected chi connectivity index (χ4v) is 1.39. The lowest BCUT2D eigenvalue weighted by molar-refractivity contribution is -0.142. The van der Waals surface area contributed by atoms with Gasteiger partial charge < -0.3 is 4.98 Å². The summed E-state index contributed by atoms with van der Waals surface area (Å²) in [6.07, 6.45) is -5.47. The van der Waals surface area contributed by atoms with E-state index in [9.17, 15) is 22.8 Å². The lowest BCUT2D eigenvalue weighted by Crippen LogP contribution is -2.24. The number of rotatable bonds is 3. The molecule has 0 aromatic carbocycles. The number of aryl methyl sites for hydroxylation is 1. The number of alkyl halides is 3. The van der Waals surface area contributed by atoms with Crippen LogP contribution in [0.2, 0.25) is 0 Å². The number of aromatic amines is 1. The molecular weight excluding hydrogens is 261 g/mol. The van der Waals surface area contributed by atoms with Crippen molar-refractivity contribution < 1.29 is 18.0 Å². The van der Waals surface area contributed by atoms with E-state index < -0.39 is 28.2 Å². The fourth-order valence-electron chi connectivity index (χ4n) is 1.30. The van der Waals surface area contributed by atoms with Gasteiger partial charge in [0.1, 0.15) is 5.82 Å². The molecule has 0 aliphatic heterocycles. The van der Waals surface area contributed by atoms with Gasteiger partial charge >= 0.3 is 6.18 Å². The summed E-state index contributed by atoms with van der Waals surface area (Å²) in [6, 6.07) is 0. The topological polar surface area (TPSA) is 62.8 Å². The van der Waals surface area contributed by atoms with Crippen molar-refractivity contribution in [2.75, 3.05) is 0 Å². The van der Waals surface area contributed by atoms with Gasteiger partial charge in [0.25, 0.3) is 5.56 Å². The summed E-state index contributed by atoms with van der Waals surface area (Å²) in [7, 11) is 0. The molecule has 1 N–H and O–H groups in total. The Bertz CT molecular complexity index is 496. The highest BCUT2D eigenvalue weighted by Gasteiger charge is 2.36. The van der Waals surface area contributed by atoms with Gasteiger partial charge in [-0.1, -0.05) is 0 Å². The number of carbonyl (C=O) groups excluding carboxylic acids is 1. The molecule has 0 fully saturated rings. The average Bonchev–Trinajstić information content (AvgIpc) is 2.13. The number of aromatic nitrogens is 2. The Kier molecular flexibility index (Phi) is 3.92. The maximum atomic E-state index is 12.6. The molecule has 94 valence electrons. The van der Waals surface area contributed by atoms with Crippen molar-refractivity contribution in [1.29, 1.82) is 0 Å². The molecule has 8 heteroatoms. The molecule has 4 nitrogen and oxygen atoms in total. The summed E-state index contributed by atoms with van der Waals surface area (Å²) >= 11 is 5.03. The minimum absolute atomic E-state index is 0.136. The predicted molar refractivity (Wildman–Crippen MR) is 53.8 cm³/mol. The molecule has 1 rings (SSSR count). The van der Waals surface area contributed by atoms with E-state index >= 15 is 0 Å². The molecule has 0 saturated carbocycles. The van der Waals surface area contributed by atoms with Crippen molar-refractivity contribution in [2.45, 2.75) is 25.9 Å². The molecule has 1 aromatic heterocycles. The van der Waals surface area contributed by atoms with Crippen LogP contribution >= 0.6 is 11.6 Å². The number of nitrogens with zero attached hydrogens (tertiary/aromatic N) is 1. The Hall–Kier alpha value is -1.37. The minimum Gasteiger partial charge on any atom is -0.311 e. The fraction of sp³-hybridized carbons (Fsp3) is 0.444. The molecule has 0 spiro atoms. The van der Waals surface area contributed by atoms with Crippen molar-refractivity contribution in [2.24, 2.45) is 0 Å². The first-order valence-corrected chi connectivity index (χ1v) is 4.95. The summed E-state index contributed by atoms with van der Waals surface area (Å²) in [5, 5.41) is -0.807. The molecule has 1 heterocycles. The van der Waals surface area contributed by atoms with Crippen LogP contribution in [-0.2, 0) is 17.4 Å². The molecule has 0 unspecified atom stereocenters. The first-order chi connectivity index (χ1) is 7.71. The van der Waals surface area contributed by atoms with Gasteiger partial charge in [0.15, 0.2) is 5.69 Å². The highest BCUT2D eigenvalue weighted by molar-refractivity contribution is 6.63. The monoisotopic (exact) mass is 268 g/mol. The molecule has 0 saturated heterocycles. The van der Waals surface area contributed by atoms with Crippen molar-refractivity contribution in [3.05, 3.63) is 27.4 Å². The van der Waals surface area contributed by atoms with Gasteiger partial charge in [-0.05, 0) is 24.9 Å². The zero-order valence-electron chi connectivity index (χ0n) is 8.69. The summed E-state index contributed by atoms with van der Waals surface area (Å²) in [5.74, 6) is -0.136. The van der Waals surface area contributed by atoms with E-state index in [-0.39, 0.29) is 18.7 Å². The molecule has 0 aliphatic carbocycles. The molecule has 17 heavy (non-hydrogen) atoms. The van der Waals surface area contributed by atoms with Gasteiger partial charge in [0, 0.05) is 12.0 Å². The van der Waals surface area contributed by atoms with Crippen molar-refractivity contribution in [3.63, 3.8) is 0 Å². The number of hydrogen-bond acceptors (Lipinski definition) is 3. The second-order valence-corrected chi connectivity index (χ2v) is 3.75. The highest BCUT2D eigenvalue weighted by atomic mass is 35.5. The van der Waals surface area contributed by atoms with Crippen molar-refractivity contribution in [3.8, 4) is 0 Å². The van der Waals surface area contributed by atoms with E-state index in [0.29, 0.717) is 0 Å². The third-order valence-corrected chi connectivity index (χ3v) is 2.16. The zero-order valence-corrected chi connectivity index (χ0v) is 9.45. The van der Waals surface area contributed by atoms with Gasteiger partial charge in [-0.3, -0.25) is 9.59 Å². The lowest BCUT2D eigenvalue weighted by atomic mass is 10.1. The Morgan fingerprint density at radius 2 is 2.06 bits per heavy atom. The van der Waals surface area contributed by atoms with E-state index in [2.05, 4.69) is 9.97 Å². The van der Waals surface area contributed by atoms with Gasteiger partial charge in [0.2, 0.25) is 5.24 Å². The molecule has 0 aliphatic rings. The number of H-pyrrole nitrogens is 1. The first kappa shape index (κ1) is 13.7. The van der Waals surface area contributed by atoms with Gasteiger partial charge in [-0.15, -0.1) is 0 Å². The Balaban J connectivity index is 3.26. The smallest absolute Gasteiger partial charge is 0.311 e. The largest absolute Gasteiger partial charge is 0.433 e. The molecular formula is C9H8ClF3N2O2. The number of hydrogen-bond donors (Lipinski definition) is 1. The second kappa shape index (κ2) is 4.87. The van der Waals surface area contributed by atoms with E-state index in [4.69, 9.17) is 11.6 Å². The van der Waals surface area contributed by atoms with Crippen LogP contribution in [0.1, 0.15) is 23.5 Å². The predicted octanol–water partition coefficient (Wildman–Crippen LogP) is 1.80. The maximum absolute atomic E-state index is 12.6. The van der Waals surface area contributed by atoms with Gasteiger partial charge in [-0.25, -0.2) is 4.98 Å². The lowest BCUT2D eigenvalue weighted by Gasteiger charge is -2.10. The summed E-state index contributed by atoms with van der Waals surface area (Å²) in [6.45, 7) is 1.24. The number of halogens is 4. The zero-order chi connectivity index (χ0) is 13.2. The van der Waals surface area contributed by atoms with Crippen LogP contribution in [0.25, 0.3) is 0 Å². The minimum atomic E-state index is -4.73. The Morgan fingerprint density at radius 1 is 1.47 bits per heavy atom. The summed E-state index contributed by atoms with van der Waals surface area (Å²) in [4.78, 5) is 27.3. The molecule has 0 bridgehead atoms. The molecule has 1 aromatic rings. The van der Waals surface area contributed by atoms with Crippen molar-refractivity contribution in [1.82, 2.24) is 9.97 Å². The Labute approximate surface area is 98.8 Å². The van der Waals surface area contributed by atoms with E-state index in [0.717, 1.165) is 0 Å². The van der Waals surface area contributed by atoms with Crippen LogP contribution in [0.4, 0.5) is 13.2 Å². The van der Waals surface area contributed by atoms with Crippen LogP contribution in [0, 0.1) is 6.92 Å². The maximum Gasteiger partial charge on any atom is 0.433 e. The quantitative estimate of drug-likeness (QED) is 0.850. The molecule has 0 amide bonds. The van der Waals surface area contributed by atoms with Gasteiger partial charge in [-0.2, -0.15) is 13.2 Å². The second-order valence-electron chi connectivity index (χ2n) is 3.33. The molecule has 0 atom stereocenters. The van der Waals surface area contributed by atoms with Crippen LogP contribution in [0.15, 0.2) is 4.79 Å². The normalized spacial score (nSPS) is 11.6. The van der Waals surface area contributed by atoms with Crippen LogP contribution in [0.3, 0.4) is 0 Å². The van der Waals surface area contributed by atoms with Crippen LogP contribution in [-0.4, -0.2) is 15.2 Å². The van der Waals surface area contributed by atoms with Crippen LogP contribution < -0.4 is 5.56 Å². The first-order valence-electron chi connectivity index (χ1n) is 4.57. The third-order valence-electron chi connectivity index (χ3n) is 1.97. The summed E-state index contributed by atoms with van der Waals surface area (Å²) < 4.78 is 37.8. The average molecular weight is 269 g/mol. The summed E-state index contributed by atoms with van der Waals surface area (Å²) in [5.41, 5.74) is -2.74. The number of carbonyl (C=O) groups is 1. The third kappa shape index (κ3) is 3.55. The van der Waals surface area contributed by atoms with E-state index in [1.165, 1.54) is 6.92 Å². The standard InChI is InChI=1S/C9H8ClF3N2O2/c1-4-14-7(9(11,12)13)5(8(17)15-4)2-3-6(10)16/h2-3H2,1H3,(H,14,15,17). The van der Waals surface area contributed by atoms with Crippen LogP contribution in [0.5, 0.6) is 0 Å². The highest BCUT2D eigenvalue weighted by Crippen LogP contribution is 2.29. The van der Waals surface area contributed by atoms with E-state index in [1.807, 2.05) is 0 Å². The molecule has 0 radical (unpaired) electrons.